The highest BCUT2D eigenvalue weighted by Crippen LogP contribution is 2.35. The van der Waals surface area contributed by atoms with Gasteiger partial charge in [0.25, 0.3) is 0 Å². The average molecular weight is 493 g/mol. The Bertz CT molecular complexity index is 1270. The lowest BCUT2D eigenvalue weighted by Crippen LogP contribution is -2.18. The molecule has 0 radical (unpaired) electrons. The fourth-order valence-corrected chi connectivity index (χ4v) is 4.23. The number of carbonyl (C=O) groups excluding carboxylic acids is 1. The van der Waals surface area contributed by atoms with E-state index in [1.165, 1.54) is 36.4 Å². The molecular weight excluding hydrogens is 469 g/mol. The molecule has 6 nitrogen and oxygen atoms in total. The molecule has 3 aromatic rings. The van der Waals surface area contributed by atoms with E-state index in [1.54, 1.807) is 38.1 Å². The molecule has 0 aliphatic heterocycles. The van der Waals surface area contributed by atoms with Gasteiger partial charge in [-0.05, 0) is 42.3 Å². The second kappa shape index (κ2) is 10.3. The van der Waals surface area contributed by atoms with Crippen LogP contribution in [-0.4, -0.2) is 31.4 Å². The molecule has 34 heavy (non-hydrogen) atoms. The summed E-state index contributed by atoms with van der Waals surface area (Å²) in [7, 11) is -3.32. The average Bonchev–Trinajstić information content (AvgIpc) is 2.79. The number of benzene rings is 2. The minimum atomic E-state index is -4.83. The number of para-hydroxylation sites is 1. The molecule has 2 aromatic carbocycles. The molecule has 1 aromatic heterocycles. The standard InChI is InChI=1S/C24H23F3N2O4S/c1-3-20-18(19-7-5-6-8-21(19)33-24(25,26)27)13-14-22(28-20)29-23(30)15-16-9-11-17(12-10-16)34(31,32)4-2/h5-14H,3-4,15H2,1-2H3,(H,28,29,30). The molecule has 0 spiro atoms. The van der Waals surface area contributed by atoms with Crippen LogP contribution >= 0.6 is 0 Å². The first-order valence-electron chi connectivity index (χ1n) is 10.5. The number of amides is 1. The van der Waals surface area contributed by atoms with E-state index < -0.39 is 16.2 Å². The van der Waals surface area contributed by atoms with E-state index >= 15 is 0 Å². The molecule has 0 bridgehead atoms. The van der Waals surface area contributed by atoms with Gasteiger partial charge < -0.3 is 10.1 Å². The molecule has 0 saturated heterocycles. The van der Waals surface area contributed by atoms with Gasteiger partial charge >= 0.3 is 6.36 Å². The van der Waals surface area contributed by atoms with Crippen LogP contribution in [0.2, 0.25) is 0 Å². The SMILES string of the molecule is CCc1nc(NC(=O)Cc2ccc(S(=O)(=O)CC)cc2)ccc1-c1ccccc1OC(F)(F)F. The third-order valence-electron chi connectivity index (χ3n) is 5.01. The molecule has 1 heterocycles. The van der Waals surface area contributed by atoms with Gasteiger partial charge in [0.05, 0.1) is 22.8 Å². The number of ether oxygens (including phenoxy) is 1. The number of hydrogen-bond acceptors (Lipinski definition) is 5. The highest BCUT2D eigenvalue weighted by atomic mass is 32.2. The molecule has 0 unspecified atom stereocenters. The summed E-state index contributed by atoms with van der Waals surface area (Å²) in [6.07, 6.45) is -4.42. The van der Waals surface area contributed by atoms with Crippen molar-refractivity contribution >= 4 is 21.6 Å². The largest absolute Gasteiger partial charge is 0.573 e. The second-order valence-corrected chi connectivity index (χ2v) is 9.64. The van der Waals surface area contributed by atoms with E-state index in [9.17, 15) is 26.4 Å². The smallest absolute Gasteiger partial charge is 0.405 e. The van der Waals surface area contributed by atoms with Crippen molar-refractivity contribution in [2.75, 3.05) is 11.1 Å². The summed E-state index contributed by atoms with van der Waals surface area (Å²) in [4.78, 5) is 17.1. The van der Waals surface area contributed by atoms with Gasteiger partial charge in [-0.2, -0.15) is 0 Å². The lowest BCUT2D eigenvalue weighted by Gasteiger charge is -2.16. The van der Waals surface area contributed by atoms with Gasteiger partial charge in [-0.15, -0.1) is 13.2 Å². The number of hydrogen-bond donors (Lipinski definition) is 1. The van der Waals surface area contributed by atoms with E-state index in [2.05, 4.69) is 15.0 Å². The van der Waals surface area contributed by atoms with Crippen molar-refractivity contribution < 1.29 is 31.1 Å². The van der Waals surface area contributed by atoms with Gasteiger partial charge in [0.15, 0.2) is 9.84 Å². The topological polar surface area (TPSA) is 85.4 Å². The molecule has 0 saturated carbocycles. The van der Waals surface area contributed by atoms with Gasteiger partial charge in [0, 0.05) is 11.1 Å². The Kier molecular flexibility index (Phi) is 7.61. The van der Waals surface area contributed by atoms with Crippen molar-refractivity contribution in [2.24, 2.45) is 0 Å². The van der Waals surface area contributed by atoms with E-state index in [4.69, 9.17) is 0 Å². The Morgan fingerprint density at radius 1 is 0.971 bits per heavy atom. The summed E-state index contributed by atoms with van der Waals surface area (Å²) >= 11 is 0. The first-order chi connectivity index (χ1) is 16.0. The van der Waals surface area contributed by atoms with E-state index in [0.29, 0.717) is 23.2 Å². The Labute approximate surface area is 195 Å². The minimum absolute atomic E-state index is 0.000398. The van der Waals surface area contributed by atoms with Gasteiger partial charge in [-0.1, -0.05) is 44.2 Å². The number of sulfone groups is 1. The predicted molar refractivity (Wildman–Crippen MR) is 122 cm³/mol. The maximum atomic E-state index is 12.8. The number of nitrogens with zero attached hydrogens (tertiary/aromatic N) is 1. The fraction of sp³-hybridized carbons (Fsp3) is 0.250. The quantitative estimate of drug-likeness (QED) is 0.468. The van der Waals surface area contributed by atoms with Gasteiger partial charge in [-0.3, -0.25) is 4.79 Å². The summed E-state index contributed by atoms with van der Waals surface area (Å²) < 4.78 is 66.3. The van der Waals surface area contributed by atoms with Crippen molar-refractivity contribution in [3.63, 3.8) is 0 Å². The normalized spacial score (nSPS) is 11.8. The molecular formula is C24H23F3N2O4S. The van der Waals surface area contributed by atoms with Gasteiger partial charge in [0.1, 0.15) is 11.6 Å². The Balaban J connectivity index is 1.77. The maximum absolute atomic E-state index is 12.8. The van der Waals surface area contributed by atoms with Crippen molar-refractivity contribution in [2.45, 2.75) is 37.9 Å². The van der Waals surface area contributed by atoms with E-state index in [1.807, 2.05) is 0 Å². The molecule has 0 fully saturated rings. The fourth-order valence-electron chi connectivity index (χ4n) is 3.34. The number of aryl methyl sites for hydroxylation is 1. The summed E-state index contributed by atoms with van der Waals surface area (Å²) in [6, 6.07) is 15.0. The number of anilines is 1. The molecule has 0 aliphatic carbocycles. The van der Waals surface area contributed by atoms with Gasteiger partial charge in [-0.25, -0.2) is 13.4 Å². The summed E-state index contributed by atoms with van der Waals surface area (Å²) in [5.74, 6) is -0.461. The zero-order chi connectivity index (χ0) is 24.9. The number of alkyl halides is 3. The second-order valence-electron chi connectivity index (χ2n) is 7.36. The van der Waals surface area contributed by atoms with Crippen LogP contribution in [0.5, 0.6) is 5.75 Å². The molecule has 0 aliphatic rings. The van der Waals surface area contributed by atoms with Crippen LogP contribution < -0.4 is 10.1 Å². The highest BCUT2D eigenvalue weighted by molar-refractivity contribution is 7.91. The number of halogens is 3. The van der Waals surface area contributed by atoms with Crippen LogP contribution in [-0.2, 0) is 27.5 Å². The van der Waals surface area contributed by atoms with Crippen LogP contribution in [0, 0.1) is 0 Å². The summed E-state index contributed by atoms with van der Waals surface area (Å²) in [6.45, 7) is 3.36. The van der Waals surface area contributed by atoms with E-state index in [-0.39, 0.29) is 40.1 Å². The number of aromatic nitrogens is 1. The minimum Gasteiger partial charge on any atom is -0.405 e. The van der Waals surface area contributed by atoms with Crippen LogP contribution in [0.15, 0.2) is 65.6 Å². The van der Waals surface area contributed by atoms with Crippen LogP contribution in [0.1, 0.15) is 25.1 Å². The van der Waals surface area contributed by atoms with Crippen molar-refractivity contribution in [3.05, 3.63) is 71.9 Å². The first kappa shape index (κ1) is 25.2. The molecule has 1 amide bonds. The van der Waals surface area contributed by atoms with Crippen LogP contribution in [0.4, 0.5) is 19.0 Å². The Morgan fingerprint density at radius 3 is 2.26 bits per heavy atom. The van der Waals surface area contributed by atoms with Crippen LogP contribution in [0.3, 0.4) is 0 Å². The zero-order valence-corrected chi connectivity index (χ0v) is 19.3. The number of carbonyl (C=O) groups is 1. The van der Waals surface area contributed by atoms with Gasteiger partial charge in [0.2, 0.25) is 5.91 Å². The third-order valence-corrected chi connectivity index (χ3v) is 6.76. The molecule has 3 rings (SSSR count). The lowest BCUT2D eigenvalue weighted by molar-refractivity contribution is -0.274. The van der Waals surface area contributed by atoms with Crippen molar-refractivity contribution in [1.82, 2.24) is 4.98 Å². The highest BCUT2D eigenvalue weighted by Gasteiger charge is 2.32. The maximum Gasteiger partial charge on any atom is 0.573 e. The predicted octanol–water partition coefficient (Wildman–Crippen LogP) is 5.18. The molecule has 1 N–H and O–H groups in total. The Hall–Kier alpha value is -3.40. The van der Waals surface area contributed by atoms with Crippen LogP contribution in [0.25, 0.3) is 11.1 Å². The zero-order valence-electron chi connectivity index (χ0n) is 18.5. The first-order valence-corrected chi connectivity index (χ1v) is 12.1. The van der Waals surface area contributed by atoms with Crippen molar-refractivity contribution in [1.29, 1.82) is 0 Å². The number of nitrogens with one attached hydrogen (secondary N) is 1. The summed E-state index contributed by atoms with van der Waals surface area (Å²) in [5.41, 5.74) is 1.82. The van der Waals surface area contributed by atoms with E-state index in [0.717, 1.165) is 0 Å². The third kappa shape index (κ3) is 6.34. The molecule has 180 valence electrons. The number of pyridine rings is 1. The summed E-state index contributed by atoms with van der Waals surface area (Å²) in [5, 5.41) is 2.67. The lowest BCUT2D eigenvalue weighted by atomic mass is 10.0. The Morgan fingerprint density at radius 2 is 1.65 bits per heavy atom. The molecule has 10 heteroatoms. The number of rotatable bonds is 8. The monoisotopic (exact) mass is 492 g/mol. The van der Waals surface area contributed by atoms with Crippen molar-refractivity contribution in [3.8, 4) is 16.9 Å². The molecule has 0 atom stereocenters.